The van der Waals surface area contributed by atoms with E-state index in [1.54, 1.807) is 20.8 Å². The second-order valence-corrected chi connectivity index (χ2v) is 7.05. The van der Waals surface area contributed by atoms with Crippen LogP contribution in [0.5, 0.6) is 0 Å². The molecule has 0 unspecified atom stereocenters. The summed E-state index contributed by atoms with van der Waals surface area (Å²) >= 11 is 0. The predicted molar refractivity (Wildman–Crippen MR) is 78.6 cm³/mol. The summed E-state index contributed by atoms with van der Waals surface area (Å²) in [6.45, 7) is 7.14. The van der Waals surface area contributed by atoms with Gasteiger partial charge in [-0.15, -0.1) is 0 Å². The van der Waals surface area contributed by atoms with Gasteiger partial charge in [0.25, 0.3) is 0 Å². The lowest BCUT2D eigenvalue weighted by molar-refractivity contribution is -0.149. The minimum atomic E-state index is -1.18. The van der Waals surface area contributed by atoms with Crippen molar-refractivity contribution in [3.63, 3.8) is 0 Å². The molecule has 21 heavy (non-hydrogen) atoms. The molecule has 0 bridgehead atoms. The van der Waals surface area contributed by atoms with E-state index >= 15 is 0 Å². The fourth-order valence-electron chi connectivity index (χ4n) is 2.38. The molecule has 1 rings (SSSR count). The second-order valence-electron chi connectivity index (χ2n) is 7.05. The highest BCUT2D eigenvalue weighted by Crippen LogP contribution is 2.32. The van der Waals surface area contributed by atoms with E-state index in [0.717, 1.165) is 12.8 Å². The minimum absolute atomic E-state index is 0.194. The predicted octanol–water partition coefficient (Wildman–Crippen LogP) is 1.30. The van der Waals surface area contributed by atoms with E-state index in [9.17, 15) is 19.5 Å². The van der Waals surface area contributed by atoms with Crippen molar-refractivity contribution in [3.05, 3.63) is 0 Å². The molecule has 6 nitrogen and oxygen atoms in total. The summed E-state index contributed by atoms with van der Waals surface area (Å²) in [5.41, 5.74) is -1.76. The van der Waals surface area contributed by atoms with Gasteiger partial charge in [0.05, 0.1) is 6.54 Å². The smallest absolute Gasteiger partial charge is 0.329 e. The molecule has 0 heterocycles. The Bertz CT molecular complexity index is 418. The van der Waals surface area contributed by atoms with Crippen molar-refractivity contribution in [2.24, 2.45) is 11.3 Å². The maximum absolute atomic E-state index is 11.9. The van der Waals surface area contributed by atoms with E-state index in [2.05, 4.69) is 17.6 Å². The van der Waals surface area contributed by atoms with Crippen LogP contribution in [0.15, 0.2) is 0 Å². The van der Waals surface area contributed by atoms with E-state index in [-0.39, 0.29) is 12.5 Å². The fourth-order valence-corrected chi connectivity index (χ4v) is 2.38. The number of carbonyl (C=O) groups excluding carboxylic acids is 2. The Kier molecular flexibility index (Phi) is 5.36. The molecule has 0 saturated heterocycles. The lowest BCUT2D eigenvalue weighted by atomic mass is 9.77. The number of rotatable bonds is 4. The number of hydrogen-bond acceptors (Lipinski definition) is 3. The average molecular weight is 298 g/mol. The zero-order chi connectivity index (χ0) is 16.3. The van der Waals surface area contributed by atoms with Crippen LogP contribution in [0.2, 0.25) is 0 Å². The third-order valence-corrected chi connectivity index (χ3v) is 4.01. The van der Waals surface area contributed by atoms with Crippen molar-refractivity contribution in [2.75, 3.05) is 6.54 Å². The number of hydrogen-bond donors (Lipinski definition) is 3. The van der Waals surface area contributed by atoms with E-state index in [1.807, 2.05) is 0 Å². The summed E-state index contributed by atoms with van der Waals surface area (Å²) in [6.07, 6.45) is 2.42. The Morgan fingerprint density at radius 1 is 1.19 bits per heavy atom. The molecule has 0 spiro atoms. The standard InChI is InChI=1S/C15H26N2O4/c1-10-5-7-15(8-6-10,13(20)21)17-11(18)9-16-12(19)14(2,3)4/h10H,5-9H2,1-4H3,(H,16,19)(H,17,18)(H,20,21). The van der Waals surface area contributed by atoms with Gasteiger partial charge < -0.3 is 15.7 Å². The van der Waals surface area contributed by atoms with Gasteiger partial charge in [0.2, 0.25) is 11.8 Å². The van der Waals surface area contributed by atoms with Crippen molar-refractivity contribution in [3.8, 4) is 0 Å². The van der Waals surface area contributed by atoms with Crippen molar-refractivity contribution in [2.45, 2.75) is 58.9 Å². The number of carboxylic acids is 1. The second kappa shape index (κ2) is 6.45. The van der Waals surface area contributed by atoms with Crippen LogP contribution < -0.4 is 10.6 Å². The van der Waals surface area contributed by atoms with Crippen molar-refractivity contribution < 1.29 is 19.5 Å². The van der Waals surface area contributed by atoms with Crippen LogP contribution in [0.4, 0.5) is 0 Å². The SMILES string of the molecule is CC1CCC(NC(=O)CNC(=O)C(C)(C)C)(C(=O)O)CC1. The van der Waals surface area contributed by atoms with Gasteiger partial charge in [0, 0.05) is 5.41 Å². The Morgan fingerprint density at radius 3 is 2.14 bits per heavy atom. The van der Waals surface area contributed by atoms with Gasteiger partial charge in [0.1, 0.15) is 5.54 Å². The zero-order valence-corrected chi connectivity index (χ0v) is 13.3. The highest BCUT2D eigenvalue weighted by atomic mass is 16.4. The van der Waals surface area contributed by atoms with Crippen LogP contribution >= 0.6 is 0 Å². The van der Waals surface area contributed by atoms with Crippen LogP contribution in [0.3, 0.4) is 0 Å². The molecule has 0 atom stereocenters. The topological polar surface area (TPSA) is 95.5 Å². The number of carboxylic acid groups (broad SMARTS) is 1. The van der Waals surface area contributed by atoms with Crippen LogP contribution in [-0.2, 0) is 14.4 Å². The highest BCUT2D eigenvalue weighted by molar-refractivity contribution is 5.91. The first-order chi connectivity index (χ1) is 9.57. The van der Waals surface area contributed by atoms with Gasteiger partial charge in [0.15, 0.2) is 0 Å². The molecular weight excluding hydrogens is 272 g/mol. The van der Waals surface area contributed by atoms with Gasteiger partial charge in [-0.2, -0.15) is 0 Å². The number of nitrogens with one attached hydrogen (secondary N) is 2. The quantitative estimate of drug-likeness (QED) is 0.729. The Morgan fingerprint density at radius 2 is 1.71 bits per heavy atom. The molecule has 1 aliphatic carbocycles. The molecule has 1 fully saturated rings. The normalized spacial score (nSPS) is 26.0. The summed E-state index contributed by atoms with van der Waals surface area (Å²) in [6, 6.07) is 0. The zero-order valence-electron chi connectivity index (χ0n) is 13.3. The maximum atomic E-state index is 11.9. The van der Waals surface area contributed by atoms with Crippen molar-refractivity contribution in [1.29, 1.82) is 0 Å². The fraction of sp³-hybridized carbons (Fsp3) is 0.800. The first-order valence-corrected chi connectivity index (χ1v) is 7.39. The Hall–Kier alpha value is -1.59. The van der Waals surface area contributed by atoms with Gasteiger partial charge >= 0.3 is 5.97 Å². The maximum Gasteiger partial charge on any atom is 0.329 e. The molecule has 2 amide bonds. The molecule has 1 saturated carbocycles. The van der Waals surface area contributed by atoms with Gasteiger partial charge in [-0.05, 0) is 31.6 Å². The van der Waals surface area contributed by atoms with Crippen LogP contribution in [-0.4, -0.2) is 35.0 Å². The van der Waals surface area contributed by atoms with E-state index in [4.69, 9.17) is 0 Å². The van der Waals surface area contributed by atoms with Crippen LogP contribution in [0.25, 0.3) is 0 Å². The van der Waals surface area contributed by atoms with Crippen molar-refractivity contribution >= 4 is 17.8 Å². The molecule has 0 aromatic rings. The van der Waals surface area contributed by atoms with Gasteiger partial charge in [-0.25, -0.2) is 4.79 Å². The molecule has 0 aromatic carbocycles. The minimum Gasteiger partial charge on any atom is -0.480 e. The molecular formula is C15H26N2O4. The summed E-state index contributed by atoms with van der Waals surface area (Å²) in [4.78, 5) is 35.2. The third kappa shape index (κ3) is 4.72. The molecule has 0 aromatic heterocycles. The third-order valence-electron chi connectivity index (χ3n) is 4.01. The van der Waals surface area contributed by atoms with E-state index in [1.165, 1.54) is 0 Å². The molecule has 1 aliphatic rings. The Balaban J connectivity index is 2.59. The summed E-state index contributed by atoms with van der Waals surface area (Å²) in [7, 11) is 0. The van der Waals surface area contributed by atoms with Crippen LogP contribution in [0.1, 0.15) is 53.4 Å². The molecule has 3 N–H and O–H groups in total. The molecule has 6 heteroatoms. The van der Waals surface area contributed by atoms with Gasteiger partial charge in [-0.3, -0.25) is 9.59 Å². The number of aliphatic carboxylic acids is 1. The first-order valence-electron chi connectivity index (χ1n) is 7.39. The lowest BCUT2D eigenvalue weighted by Gasteiger charge is -2.36. The van der Waals surface area contributed by atoms with Gasteiger partial charge in [-0.1, -0.05) is 27.7 Å². The summed E-state index contributed by atoms with van der Waals surface area (Å²) in [5.74, 6) is -1.20. The van der Waals surface area contributed by atoms with E-state index in [0.29, 0.717) is 18.8 Å². The first kappa shape index (κ1) is 17.5. The molecule has 0 aliphatic heterocycles. The summed E-state index contributed by atoms with van der Waals surface area (Å²) in [5, 5.41) is 14.6. The largest absolute Gasteiger partial charge is 0.480 e. The molecule has 0 radical (unpaired) electrons. The monoisotopic (exact) mass is 298 g/mol. The number of carbonyl (C=O) groups is 3. The lowest BCUT2D eigenvalue weighted by Crippen LogP contribution is -2.58. The number of amides is 2. The van der Waals surface area contributed by atoms with Crippen LogP contribution in [0, 0.1) is 11.3 Å². The molecule has 120 valence electrons. The Labute approximate surface area is 125 Å². The highest BCUT2D eigenvalue weighted by Gasteiger charge is 2.42. The van der Waals surface area contributed by atoms with Crippen molar-refractivity contribution in [1.82, 2.24) is 10.6 Å². The average Bonchev–Trinajstić information content (AvgIpc) is 2.37. The van der Waals surface area contributed by atoms with E-state index < -0.39 is 22.8 Å². The summed E-state index contributed by atoms with van der Waals surface area (Å²) < 4.78 is 0.